The van der Waals surface area contributed by atoms with Gasteiger partial charge in [0.25, 0.3) is 20.2 Å². The van der Waals surface area contributed by atoms with Crippen molar-refractivity contribution in [2.24, 2.45) is 0 Å². The second kappa shape index (κ2) is 7.19. The van der Waals surface area contributed by atoms with E-state index in [1.54, 1.807) is 0 Å². The Morgan fingerprint density at radius 3 is 1.30 bits per heavy atom. The molecule has 0 aliphatic carbocycles. The van der Waals surface area contributed by atoms with Gasteiger partial charge in [0.2, 0.25) is 0 Å². The van der Waals surface area contributed by atoms with Crippen molar-refractivity contribution >= 4 is 90.1 Å². The predicted octanol–water partition coefficient (Wildman–Crippen LogP) is 0.0362. The van der Waals surface area contributed by atoms with Gasteiger partial charge in [-0.3, -0.25) is 9.11 Å². The minimum atomic E-state index is -4.35. The SMILES string of the molecule is O=S(=O)(O)c1ccc2ccc(S(=O)(=O)O)cc2c1.[NaH].[NaH]. The topological polar surface area (TPSA) is 109 Å². The molecule has 10 heteroatoms. The first-order chi connectivity index (χ1) is 8.18. The molecule has 0 spiro atoms. The molecule has 2 N–H and O–H groups in total. The van der Waals surface area contributed by atoms with E-state index in [0.717, 1.165) is 12.1 Å². The Bertz CT molecular complexity index is 763. The van der Waals surface area contributed by atoms with E-state index >= 15 is 0 Å². The Hall–Kier alpha value is 0.520. The summed E-state index contributed by atoms with van der Waals surface area (Å²) in [5.41, 5.74) is 0. The van der Waals surface area contributed by atoms with Crippen LogP contribution in [0.25, 0.3) is 10.8 Å². The number of hydrogen-bond donors (Lipinski definition) is 2. The maximum atomic E-state index is 10.9. The quantitative estimate of drug-likeness (QED) is 0.592. The molecule has 2 rings (SSSR count). The Morgan fingerprint density at radius 2 is 1.00 bits per heavy atom. The van der Waals surface area contributed by atoms with E-state index < -0.39 is 20.2 Å². The molecule has 0 aliphatic rings. The molecule has 0 saturated heterocycles. The van der Waals surface area contributed by atoms with Gasteiger partial charge < -0.3 is 0 Å². The molecular weight excluding hydrogens is 326 g/mol. The first kappa shape index (κ1) is 20.5. The van der Waals surface area contributed by atoms with Gasteiger partial charge in [-0.05, 0) is 35.0 Å². The third-order valence-electron chi connectivity index (χ3n) is 2.38. The summed E-state index contributed by atoms with van der Waals surface area (Å²) in [5, 5.41) is 0.857. The molecule has 0 aliphatic heterocycles. The van der Waals surface area contributed by atoms with E-state index in [1.807, 2.05) is 0 Å². The molecule has 2 aromatic carbocycles. The summed E-state index contributed by atoms with van der Waals surface area (Å²) < 4.78 is 61.5. The van der Waals surface area contributed by atoms with Crippen LogP contribution in [0.3, 0.4) is 0 Å². The molecule has 0 unspecified atom stereocenters. The maximum absolute atomic E-state index is 10.9. The molecule has 0 bridgehead atoms. The van der Waals surface area contributed by atoms with Gasteiger partial charge in [0.1, 0.15) is 0 Å². The fourth-order valence-corrected chi connectivity index (χ4v) is 2.56. The number of benzene rings is 2. The first-order valence-electron chi connectivity index (χ1n) is 4.67. The standard InChI is InChI=1S/C10H8O6S2.2Na.2H/c11-17(12,13)9-3-1-7-2-4-10(18(14,15)16)6-8(7)5-9;;;;/h1-6H,(H,11,12,13)(H,14,15,16);;;;. The normalized spacial score (nSPS) is 11.5. The van der Waals surface area contributed by atoms with E-state index in [1.165, 1.54) is 24.3 Å². The molecule has 20 heavy (non-hydrogen) atoms. The molecule has 0 radical (unpaired) electrons. The van der Waals surface area contributed by atoms with Crippen molar-refractivity contribution in [1.29, 1.82) is 0 Å². The van der Waals surface area contributed by atoms with Crippen molar-refractivity contribution < 1.29 is 25.9 Å². The third kappa shape index (κ3) is 4.77. The summed E-state index contributed by atoms with van der Waals surface area (Å²) in [6, 6.07) is 7.49. The fraction of sp³-hybridized carbons (Fsp3) is 0. The molecule has 100 valence electrons. The Morgan fingerprint density at radius 1 is 0.650 bits per heavy atom. The van der Waals surface area contributed by atoms with Crippen LogP contribution in [0.5, 0.6) is 0 Å². The van der Waals surface area contributed by atoms with Gasteiger partial charge in [-0.25, -0.2) is 0 Å². The average Bonchev–Trinajstić information content (AvgIpc) is 2.25. The van der Waals surface area contributed by atoms with Gasteiger partial charge in [0.05, 0.1) is 9.79 Å². The Labute approximate surface area is 160 Å². The summed E-state index contributed by atoms with van der Waals surface area (Å²) in [7, 11) is -8.71. The first-order valence-corrected chi connectivity index (χ1v) is 7.55. The van der Waals surface area contributed by atoms with Crippen LogP contribution < -0.4 is 0 Å². The van der Waals surface area contributed by atoms with Crippen LogP contribution in [0.1, 0.15) is 0 Å². The van der Waals surface area contributed by atoms with Crippen LogP contribution in [0, 0.1) is 0 Å². The average molecular weight is 336 g/mol. The number of fused-ring (bicyclic) bond motifs is 1. The van der Waals surface area contributed by atoms with Crippen LogP contribution in [0.15, 0.2) is 46.2 Å². The molecule has 0 saturated carbocycles. The summed E-state index contributed by atoms with van der Waals surface area (Å²) >= 11 is 0. The predicted molar refractivity (Wildman–Crippen MR) is 77.9 cm³/mol. The van der Waals surface area contributed by atoms with Crippen LogP contribution in [0.4, 0.5) is 0 Å². The van der Waals surface area contributed by atoms with Crippen LogP contribution >= 0.6 is 0 Å². The molecular formula is C10H10Na2O6S2. The zero-order valence-electron chi connectivity index (χ0n) is 8.81. The van der Waals surface area contributed by atoms with Crippen LogP contribution in [-0.2, 0) is 20.2 Å². The van der Waals surface area contributed by atoms with Crippen molar-refractivity contribution in [3.63, 3.8) is 0 Å². The van der Waals surface area contributed by atoms with Crippen molar-refractivity contribution in [1.82, 2.24) is 0 Å². The molecule has 6 nitrogen and oxygen atoms in total. The zero-order chi connectivity index (χ0) is 13.6. The Balaban J connectivity index is 0.00000180. The second-order valence-electron chi connectivity index (χ2n) is 3.62. The molecule has 0 fully saturated rings. The third-order valence-corrected chi connectivity index (χ3v) is 4.08. The van der Waals surface area contributed by atoms with Gasteiger partial charge in [-0.1, -0.05) is 12.1 Å². The minimum absolute atomic E-state index is 0. The van der Waals surface area contributed by atoms with E-state index in [0.29, 0.717) is 5.39 Å². The zero-order valence-corrected chi connectivity index (χ0v) is 10.4. The molecule has 2 aromatic rings. The summed E-state index contributed by atoms with van der Waals surface area (Å²) in [6.07, 6.45) is 0. The van der Waals surface area contributed by atoms with Gasteiger partial charge in [0.15, 0.2) is 0 Å². The van der Waals surface area contributed by atoms with Crippen molar-refractivity contribution in [3.8, 4) is 0 Å². The molecule has 0 aromatic heterocycles. The molecule has 0 amide bonds. The number of hydrogen-bond acceptors (Lipinski definition) is 4. The van der Waals surface area contributed by atoms with Gasteiger partial charge in [-0.2, -0.15) is 16.8 Å². The second-order valence-corrected chi connectivity index (χ2v) is 6.46. The summed E-state index contributed by atoms with van der Waals surface area (Å²) in [5.74, 6) is 0. The van der Waals surface area contributed by atoms with Crippen LogP contribution in [0.2, 0.25) is 0 Å². The molecule has 0 atom stereocenters. The van der Waals surface area contributed by atoms with E-state index in [4.69, 9.17) is 9.11 Å². The monoisotopic (exact) mass is 336 g/mol. The van der Waals surface area contributed by atoms with E-state index in [-0.39, 0.29) is 74.3 Å². The summed E-state index contributed by atoms with van der Waals surface area (Å²) in [6.45, 7) is 0. The van der Waals surface area contributed by atoms with Gasteiger partial charge >= 0.3 is 59.1 Å². The van der Waals surface area contributed by atoms with Crippen LogP contribution in [-0.4, -0.2) is 85.1 Å². The van der Waals surface area contributed by atoms with Crippen molar-refractivity contribution in [2.75, 3.05) is 0 Å². The number of rotatable bonds is 2. The van der Waals surface area contributed by atoms with Gasteiger partial charge in [0, 0.05) is 0 Å². The van der Waals surface area contributed by atoms with Crippen molar-refractivity contribution in [2.45, 2.75) is 9.79 Å². The van der Waals surface area contributed by atoms with E-state index in [2.05, 4.69) is 0 Å². The van der Waals surface area contributed by atoms with E-state index in [9.17, 15) is 16.8 Å². The van der Waals surface area contributed by atoms with Crippen molar-refractivity contribution in [3.05, 3.63) is 36.4 Å². The molecule has 0 heterocycles. The fourth-order valence-electron chi connectivity index (χ4n) is 1.52. The summed E-state index contributed by atoms with van der Waals surface area (Å²) in [4.78, 5) is -0.690. The Kier molecular flexibility index (Phi) is 7.37. The van der Waals surface area contributed by atoms with Gasteiger partial charge in [-0.15, -0.1) is 0 Å².